The first kappa shape index (κ1) is 16.8. The molecule has 0 saturated heterocycles. The molecule has 6 heteroatoms. The second-order valence-corrected chi connectivity index (χ2v) is 7.14. The lowest BCUT2D eigenvalue weighted by Gasteiger charge is -2.14. The second-order valence-electron chi connectivity index (χ2n) is 7.14. The zero-order valence-corrected chi connectivity index (χ0v) is 15.0. The Morgan fingerprint density at radius 2 is 2.19 bits per heavy atom. The van der Waals surface area contributed by atoms with Crippen LogP contribution in [0, 0.1) is 6.92 Å². The lowest BCUT2D eigenvalue weighted by atomic mass is 9.95. The van der Waals surface area contributed by atoms with Crippen molar-refractivity contribution in [3.8, 4) is 17.4 Å². The summed E-state index contributed by atoms with van der Waals surface area (Å²) < 4.78 is 12.0. The van der Waals surface area contributed by atoms with Crippen LogP contribution in [-0.2, 0) is 10.2 Å². The van der Waals surface area contributed by atoms with E-state index in [0.717, 1.165) is 36.5 Å². The van der Waals surface area contributed by atoms with Crippen molar-refractivity contribution in [2.24, 2.45) is 5.73 Å². The second kappa shape index (κ2) is 6.29. The smallest absolute Gasteiger partial charge is 0.241 e. The number of nitrogens with zero attached hydrogens (tertiary/aromatic N) is 1. The third kappa shape index (κ3) is 2.90. The molecule has 1 saturated carbocycles. The fourth-order valence-electron chi connectivity index (χ4n) is 3.32. The average molecular weight is 353 g/mol. The van der Waals surface area contributed by atoms with Crippen LogP contribution in [0.2, 0.25) is 0 Å². The lowest BCUT2D eigenvalue weighted by Crippen LogP contribution is -2.34. The van der Waals surface area contributed by atoms with E-state index < -0.39 is 6.04 Å². The van der Waals surface area contributed by atoms with Crippen LogP contribution in [0.15, 0.2) is 30.5 Å². The molecular formula is C20H23N3O3. The first-order chi connectivity index (χ1) is 12.5. The van der Waals surface area contributed by atoms with Gasteiger partial charge >= 0.3 is 0 Å². The van der Waals surface area contributed by atoms with E-state index in [1.165, 1.54) is 5.56 Å². The topological polar surface area (TPSA) is 86.5 Å². The Morgan fingerprint density at radius 3 is 2.85 bits per heavy atom. The number of rotatable bonds is 5. The third-order valence-electron chi connectivity index (χ3n) is 5.19. The Bertz CT molecular complexity index is 844. The predicted octanol–water partition coefficient (Wildman–Crippen LogP) is 3.28. The minimum atomic E-state index is -0.518. The fourth-order valence-corrected chi connectivity index (χ4v) is 3.32. The largest absolute Gasteiger partial charge is 0.492 e. The molecule has 136 valence electrons. The van der Waals surface area contributed by atoms with Gasteiger partial charge in [0, 0.05) is 17.0 Å². The van der Waals surface area contributed by atoms with Crippen molar-refractivity contribution in [3.05, 3.63) is 41.6 Å². The molecule has 1 aliphatic heterocycles. The molecule has 3 N–H and O–H groups in total. The Kier molecular flexibility index (Phi) is 4.07. The summed E-state index contributed by atoms with van der Waals surface area (Å²) in [6.45, 7) is 4.66. The normalized spacial score (nSPS) is 17.3. The van der Waals surface area contributed by atoms with Gasteiger partial charge < -0.3 is 20.5 Å². The quantitative estimate of drug-likeness (QED) is 0.861. The lowest BCUT2D eigenvalue weighted by molar-refractivity contribution is -0.117. The predicted molar refractivity (Wildman–Crippen MR) is 98.8 cm³/mol. The van der Waals surface area contributed by atoms with Crippen LogP contribution in [0.1, 0.15) is 37.3 Å². The van der Waals surface area contributed by atoms with E-state index in [1.807, 2.05) is 19.1 Å². The van der Waals surface area contributed by atoms with Crippen LogP contribution >= 0.6 is 0 Å². The molecule has 2 aliphatic rings. The van der Waals surface area contributed by atoms with Crippen LogP contribution in [0.3, 0.4) is 0 Å². The highest BCUT2D eigenvalue weighted by atomic mass is 16.5. The number of benzene rings is 1. The summed E-state index contributed by atoms with van der Waals surface area (Å²) in [4.78, 5) is 16.2. The summed E-state index contributed by atoms with van der Waals surface area (Å²) in [5, 5.41) is 2.75. The Morgan fingerprint density at radius 1 is 1.38 bits per heavy atom. The number of hydrogen-bond acceptors (Lipinski definition) is 5. The number of fused-ring (bicyclic) bond motifs is 2. The molecule has 6 nitrogen and oxygen atoms in total. The van der Waals surface area contributed by atoms with Crippen LogP contribution in [0.5, 0.6) is 17.4 Å². The maximum atomic E-state index is 11.8. The van der Waals surface area contributed by atoms with E-state index in [-0.39, 0.29) is 11.3 Å². The molecule has 0 radical (unpaired) electrons. The summed E-state index contributed by atoms with van der Waals surface area (Å²) in [6.07, 6.45) is 4.43. The minimum Gasteiger partial charge on any atom is -0.492 e. The van der Waals surface area contributed by atoms with Gasteiger partial charge in [-0.05, 0) is 43.9 Å². The number of nitrogens with one attached hydrogen (secondary N) is 1. The van der Waals surface area contributed by atoms with Crippen molar-refractivity contribution < 1.29 is 14.3 Å². The molecule has 1 aliphatic carbocycles. The van der Waals surface area contributed by atoms with Gasteiger partial charge in [-0.3, -0.25) is 4.79 Å². The summed E-state index contributed by atoms with van der Waals surface area (Å²) in [7, 11) is 0. The van der Waals surface area contributed by atoms with Gasteiger partial charge in [0.25, 0.3) is 0 Å². The van der Waals surface area contributed by atoms with Gasteiger partial charge in [0.15, 0.2) is 0 Å². The minimum absolute atomic E-state index is 0.126. The van der Waals surface area contributed by atoms with Crippen LogP contribution in [0.4, 0.5) is 5.69 Å². The zero-order valence-electron chi connectivity index (χ0n) is 15.0. The van der Waals surface area contributed by atoms with Crippen LogP contribution in [0.25, 0.3) is 0 Å². The average Bonchev–Trinajstić information content (AvgIpc) is 3.32. The molecule has 26 heavy (non-hydrogen) atoms. The standard InChI is InChI=1S/C20H23N3O3/c1-3-14(21)19(24)23-13-5-7-16(22-10-13)26-15-6-4-12(2)18-17(15)20(8-9-20)11-25-18/h4-7,10,14H,3,8-9,11,21H2,1-2H3,(H,23,24). The molecule has 1 spiro atoms. The van der Waals surface area contributed by atoms with E-state index in [2.05, 4.69) is 17.2 Å². The van der Waals surface area contributed by atoms with Gasteiger partial charge in [-0.1, -0.05) is 13.0 Å². The van der Waals surface area contributed by atoms with Crippen molar-refractivity contribution >= 4 is 11.6 Å². The van der Waals surface area contributed by atoms with Crippen molar-refractivity contribution in [1.29, 1.82) is 0 Å². The van der Waals surface area contributed by atoms with E-state index in [0.29, 0.717) is 18.0 Å². The number of pyridine rings is 1. The molecule has 4 rings (SSSR count). The molecule has 1 aromatic heterocycles. The molecule has 1 amide bonds. The number of carbonyl (C=O) groups excluding carboxylic acids is 1. The molecule has 0 bridgehead atoms. The summed E-state index contributed by atoms with van der Waals surface area (Å²) >= 11 is 0. The van der Waals surface area contributed by atoms with Gasteiger partial charge in [-0.2, -0.15) is 0 Å². The first-order valence-electron chi connectivity index (χ1n) is 9.00. The highest BCUT2D eigenvalue weighted by Gasteiger charge is 2.53. The third-order valence-corrected chi connectivity index (χ3v) is 5.19. The SMILES string of the molecule is CCC(N)C(=O)Nc1ccc(Oc2ccc(C)c3c2C2(CC2)CO3)nc1. The molecule has 2 aromatic rings. The summed E-state index contributed by atoms with van der Waals surface area (Å²) in [6, 6.07) is 6.99. The van der Waals surface area contributed by atoms with E-state index >= 15 is 0 Å². The van der Waals surface area contributed by atoms with Gasteiger partial charge in [-0.25, -0.2) is 4.98 Å². The molecule has 1 atom stereocenters. The number of aromatic nitrogens is 1. The number of hydrogen-bond donors (Lipinski definition) is 2. The van der Waals surface area contributed by atoms with Crippen molar-refractivity contribution in [2.75, 3.05) is 11.9 Å². The number of anilines is 1. The highest BCUT2D eigenvalue weighted by molar-refractivity contribution is 5.94. The molecule has 2 heterocycles. The van der Waals surface area contributed by atoms with Crippen LogP contribution in [-0.4, -0.2) is 23.5 Å². The van der Waals surface area contributed by atoms with Crippen molar-refractivity contribution in [1.82, 2.24) is 4.98 Å². The number of ether oxygens (including phenoxy) is 2. The first-order valence-corrected chi connectivity index (χ1v) is 9.00. The summed E-state index contributed by atoms with van der Waals surface area (Å²) in [5.41, 5.74) is 8.75. The Balaban J connectivity index is 1.53. The van der Waals surface area contributed by atoms with Crippen molar-refractivity contribution in [3.63, 3.8) is 0 Å². The molecule has 1 aromatic carbocycles. The number of amides is 1. The van der Waals surface area contributed by atoms with Gasteiger partial charge in [0.05, 0.1) is 24.5 Å². The Labute approximate surface area is 152 Å². The van der Waals surface area contributed by atoms with Gasteiger partial charge in [0.2, 0.25) is 11.8 Å². The van der Waals surface area contributed by atoms with E-state index in [4.69, 9.17) is 15.2 Å². The zero-order chi connectivity index (χ0) is 18.3. The van der Waals surface area contributed by atoms with Gasteiger partial charge in [0.1, 0.15) is 11.5 Å². The molecule has 1 unspecified atom stereocenters. The number of carbonyl (C=O) groups is 1. The monoisotopic (exact) mass is 353 g/mol. The molecular weight excluding hydrogens is 330 g/mol. The van der Waals surface area contributed by atoms with Crippen LogP contribution < -0.4 is 20.5 Å². The fraction of sp³-hybridized carbons (Fsp3) is 0.400. The van der Waals surface area contributed by atoms with Gasteiger partial charge in [-0.15, -0.1) is 0 Å². The van der Waals surface area contributed by atoms with E-state index in [9.17, 15) is 4.79 Å². The Hall–Kier alpha value is -2.60. The number of nitrogens with two attached hydrogens (primary N) is 1. The van der Waals surface area contributed by atoms with Crippen molar-refractivity contribution in [2.45, 2.75) is 44.6 Å². The highest BCUT2D eigenvalue weighted by Crippen LogP contribution is 2.59. The maximum absolute atomic E-state index is 11.8. The maximum Gasteiger partial charge on any atom is 0.241 e. The molecule has 1 fully saturated rings. The van der Waals surface area contributed by atoms with E-state index in [1.54, 1.807) is 18.3 Å². The number of aryl methyl sites for hydroxylation is 1. The summed E-state index contributed by atoms with van der Waals surface area (Å²) in [5.74, 6) is 2.03.